The van der Waals surface area contributed by atoms with E-state index in [1.54, 1.807) is 0 Å². The molecule has 0 radical (unpaired) electrons. The van der Waals surface area contributed by atoms with E-state index in [-0.39, 0.29) is 0 Å². The second-order valence-corrected chi connectivity index (χ2v) is 3.62. The van der Waals surface area contributed by atoms with Crippen LogP contribution in [0.3, 0.4) is 0 Å². The number of rotatable bonds is 3. The Balaban J connectivity index is 3.55. The summed E-state index contributed by atoms with van der Waals surface area (Å²) in [6.45, 7) is 0. The average Bonchev–Trinajstić information content (AvgIpc) is 2.17. The molecule has 0 amide bonds. The summed E-state index contributed by atoms with van der Waals surface area (Å²) >= 11 is 5.39. The molecule has 18 heavy (non-hydrogen) atoms. The number of carboxylic acid groups (broad SMARTS) is 1. The van der Waals surface area contributed by atoms with Crippen molar-refractivity contribution in [3.8, 4) is 0 Å². The van der Waals surface area contributed by atoms with E-state index in [9.17, 15) is 26.7 Å². The molecule has 1 rings (SSSR count). The van der Waals surface area contributed by atoms with E-state index in [4.69, 9.17) is 16.7 Å². The van der Waals surface area contributed by atoms with Crippen LogP contribution in [-0.2, 0) is 17.4 Å². The lowest BCUT2D eigenvalue weighted by Crippen LogP contribution is -2.17. The van der Waals surface area contributed by atoms with Gasteiger partial charge in [-0.3, -0.25) is 9.78 Å². The number of pyridine rings is 1. The van der Waals surface area contributed by atoms with Gasteiger partial charge in [0.2, 0.25) is 0 Å². The summed E-state index contributed by atoms with van der Waals surface area (Å²) in [5.41, 5.74) is -4.22. The molecule has 0 aliphatic heterocycles. The summed E-state index contributed by atoms with van der Waals surface area (Å²) in [4.78, 5) is 13.4. The minimum absolute atomic E-state index is 0.580. The van der Waals surface area contributed by atoms with E-state index in [0.717, 1.165) is 0 Å². The van der Waals surface area contributed by atoms with Crippen molar-refractivity contribution < 1.29 is 31.9 Å². The van der Waals surface area contributed by atoms with Gasteiger partial charge in [0.25, 0.3) is 6.43 Å². The molecule has 1 N–H and O–H groups in total. The summed E-state index contributed by atoms with van der Waals surface area (Å²) in [5.74, 6) is -1.62. The smallest absolute Gasteiger partial charge is 0.418 e. The van der Waals surface area contributed by atoms with E-state index < -0.39 is 46.8 Å². The molecule has 0 bridgehead atoms. The lowest BCUT2D eigenvalue weighted by atomic mass is 10.0. The molecular weight excluding hydrogens is 285 g/mol. The third kappa shape index (κ3) is 3.06. The Morgan fingerprint density at radius 2 is 2.00 bits per heavy atom. The largest absolute Gasteiger partial charge is 0.481 e. The monoisotopic (exact) mass is 289 g/mol. The highest BCUT2D eigenvalue weighted by atomic mass is 35.5. The van der Waals surface area contributed by atoms with Crippen LogP contribution in [0.15, 0.2) is 6.20 Å². The SMILES string of the molecule is O=C(O)Cc1c(Cl)cnc(C(F)F)c1C(F)(F)F. The minimum Gasteiger partial charge on any atom is -0.481 e. The number of carbonyl (C=O) groups is 1. The van der Waals surface area contributed by atoms with Gasteiger partial charge in [0.05, 0.1) is 17.0 Å². The van der Waals surface area contributed by atoms with E-state index in [2.05, 4.69) is 4.98 Å². The normalized spacial score (nSPS) is 11.9. The van der Waals surface area contributed by atoms with Crippen molar-refractivity contribution in [2.45, 2.75) is 19.0 Å². The molecule has 0 spiro atoms. The number of halogens is 6. The van der Waals surface area contributed by atoms with Crippen molar-refractivity contribution in [2.75, 3.05) is 0 Å². The van der Waals surface area contributed by atoms with Crippen LogP contribution in [0.5, 0.6) is 0 Å². The van der Waals surface area contributed by atoms with Gasteiger partial charge in [-0.15, -0.1) is 0 Å². The first-order valence-electron chi connectivity index (χ1n) is 4.39. The molecule has 0 unspecified atom stereocenters. The van der Waals surface area contributed by atoms with Gasteiger partial charge in [-0.1, -0.05) is 11.6 Å². The second kappa shape index (κ2) is 5.05. The Kier molecular flexibility index (Phi) is 4.10. The predicted molar refractivity (Wildman–Crippen MR) is 50.5 cm³/mol. The number of aromatic nitrogens is 1. The van der Waals surface area contributed by atoms with Crippen LogP contribution in [-0.4, -0.2) is 16.1 Å². The summed E-state index contributed by atoms with van der Waals surface area (Å²) < 4.78 is 62.9. The lowest BCUT2D eigenvalue weighted by Gasteiger charge is -2.16. The Bertz CT molecular complexity index is 475. The van der Waals surface area contributed by atoms with Crippen LogP contribution in [0.25, 0.3) is 0 Å². The molecule has 0 aliphatic carbocycles. The molecule has 0 aliphatic rings. The van der Waals surface area contributed by atoms with Gasteiger partial charge in [-0.25, -0.2) is 8.78 Å². The summed E-state index contributed by atoms with van der Waals surface area (Å²) in [6, 6.07) is 0. The van der Waals surface area contributed by atoms with Crippen molar-refractivity contribution in [2.24, 2.45) is 0 Å². The fourth-order valence-corrected chi connectivity index (χ4v) is 1.56. The fourth-order valence-electron chi connectivity index (χ4n) is 1.35. The molecule has 1 heterocycles. The predicted octanol–water partition coefficient (Wildman–Crippen LogP) is 3.32. The zero-order chi connectivity index (χ0) is 14.1. The van der Waals surface area contributed by atoms with Gasteiger partial charge < -0.3 is 5.11 Å². The van der Waals surface area contributed by atoms with E-state index in [1.807, 2.05) is 0 Å². The topological polar surface area (TPSA) is 50.2 Å². The van der Waals surface area contributed by atoms with E-state index in [1.165, 1.54) is 0 Å². The number of carboxylic acids is 1. The Morgan fingerprint density at radius 1 is 1.44 bits per heavy atom. The van der Waals surface area contributed by atoms with Gasteiger partial charge in [0.1, 0.15) is 5.69 Å². The number of hydrogen-bond donors (Lipinski definition) is 1. The highest BCUT2D eigenvalue weighted by Gasteiger charge is 2.40. The van der Waals surface area contributed by atoms with Gasteiger partial charge >= 0.3 is 12.1 Å². The summed E-state index contributed by atoms with van der Waals surface area (Å²) in [7, 11) is 0. The zero-order valence-corrected chi connectivity index (χ0v) is 9.19. The molecule has 0 fully saturated rings. The molecular formula is C9H5ClF5NO2. The van der Waals surface area contributed by atoms with Gasteiger partial charge in [-0.05, 0) is 5.56 Å². The number of aliphatic carboxylic acids is 1. The first-order chi connectivity index (χ1) is 8.14. The quantitative estimate of drug-likeness (QED) is 0.869. The van der Waals surface area contributed by atoms with Crippen LogP contribution in [0.4, 0.5) is 22.0 Å². The van der Waals surface area contributed by atoms with Gasteiger partial charge in [0, 0.05) is 6.20 Å². The highest BCUT2D eigenvalue weighted by molar-refractivity contribution is 6.31. The molecule has 0 aromatic carbocycles. The van der Waals surface area contributed by atoms with Crippen molar-refractivity contribution >= 4 is 17.6 Å². The summed E-state index contributed by atoms with van der Waals surface area (Å²) in [6.07, 6.45) is -9.17. The lowest BCUT2D eigenvalue weighted by molar-refractivity contribution is -0.141. The van der Waals surface area contributed by atoms with Crippen LogP contribution in [0, 0.1) is 0 Å². The van der Waals surface area contributed by atoms with Gasteiger partial charge in [-0.2, -0.15) is 13.2 Å². The van der Waals surface area contributed by atoms with Crippen molar-refractivity contribution in [1.82, 2.24) is 4.98 Å². The minimum atomic E-state index is -5.16. The maximum Gasteiger partial charge on any atom is 0.418 e. The zero-order valence-electron chi connectivity index (χ0n) is 8.43. The van der Waals surface area contributed by atoms with Crippen LogP contribution in [0.1, 0.15) is 23.2 Å². The molecule has 3 nitrogen and oxygen atoms in total. The molecule has 0 saturated heterocycles. The first-order valence-corrected chi connectivity index (χ1v) is 4.76. The Hall–Kier alpha value is -1.44. The standard InChI is InChI=1S/C9H5ClF5NO2/c10-4-2-16-7(8(11)12)6(9(13,14)15)3(4)1-5(17)18/h2,8H,1H2,(H,17,18). The average molecular weight is 290 g/mol. The molecule has 0 atom stereocenters. The molecule has 1 aromatic rings. The van der Waals surface area contributed by atoms with Crippen LogP contribution >= 0.6 is 11.6 Å². The van der Waals surface area contributed by atoms with Crippen LogP contribution < -0.4 is 0 Å². The Labute approximate surface area is 102 Å². The maximum absolute atomic E-state index is 12.7. The summed E-state index contributed by atoms with van der Waals surface area (Å²) in [5, 5.41) is 7.86. The fraction of sp³-hybridized carbons (Fsp3) is 0.333. The number of hydrogen-bond acceptors (Lipinski definition) is 2. The van der Waals surface area contributed by atoms with Crippen LogP contribution in [0.2, 0.25) is 5.02 Å². The maximum atomic E-state index is 12.7. The highest BCUT2D eigenvalue weighted by Crippen LogP contribution is 2.40. The molecule has 100 valence electrons. The van der Waals surface area contributed by atoms with E-state index >= 15 is 0 Å². The van der Waals surface area contributed by atoms with E-state index in [0.29, 0.717) is 6.20 Å². The third-order valence-corrected chi connectivity index (χ3v) is 2.31. The molecule has 9 heteroatoms. The Morgan fingerprint density at radius 3 is 2.39 bits per heavy atom. The third-order valence-electron chi connectivity index (χ3n) is 1.98. The molecule has 1 aromatic heterocycles. The first kappa shape index (κ1) is 14.6. The number of nitrogens with zero attached hydrogens (tertiary/aromatic N) is 1. The number of alkyl halides is 5. The molecule has 0 saturated carbocycles. The van der Waals surface area contributed by atoms with Crippen molar-refractivity contribution in [1.29, 1.82) is 0 Å². The van der Waals surface area contributed by atoms with Gasteiger partial charge in [0.15, 0.2) is 0 Å². The van der Waals surface area contributed by atoms with Crippen molar-refractivity contribution in [3.05, 3.63) is 28.0 Å². The second-order valence-electron chi connectivity index (χ2n) is 3.21. The van der Waals surface area contributed by atoms with Crippen molar-refractivity contribution in [3.63, 3.8) is 0 Å².